The molecule has 0 fully saturated rings. The molecule has 2 N–H and O–H groups in total. The highest BCUT2D eigenvalue weighted by Gasteiger charge is 2.24. The van der Waals surface area contributed by atoms with Crippen molar-refractivity contribution in [1.82, 2.24) is 13.9 Å². The second-order valence-electron chi connectivity index (χ2n) is 3.46. The van der Waals surface area contributed by atoms with Crippen LogP contribution in [0, 0.1) is 6.92 Å². The van der Waals surface area contributed by atoms with Gasteiger partial charge in [0.2, 0.25) is 0 Å². The third-order valence-electron chi connectivity index (χ3n) is 2.14. The smallest absolute Gasteiger partial charge is 0.262 e. The normalized spacial score (nSPS) is 12.0. The summed E-state index contributed by atoms with van der Waals surface area (Å²) in [5.74, 6) is 0.627. The Morgan fingerprint density at radius 2 is 2.25 bits per heavy atom. The van der Waals surface area contributed by atoms with Gasteiger partial charge < -0.3 is 10.3 Å². The molecule has 0 aliphatic carbocycles. The van der Waals surface area contributed by atoms with E-state index in [-0.39, 0.29) is 16.6 Å². The zero-order valence-electron chi connectivity index (χ0n) is 9.34. The van der Waals surface area contributed by atoms with Crippen LogP contribution in [-0.4, -0.2) is 40.9 Å². The van der Waals surface area contributed by atoms with Crippen molar-refractivity contribution >= 4 is 27.2 Å². The highest BCUT2D eigenvalue weighted by Crippen LogP contribution is 2.12. The van der Waals surface area contributed by atoms with Crippen LogP contribution in [0.5, 0.6) is 0 Å². The van der Waals surface area contributed by atoms with Crippen LogP contribution in [0.4, 0.5) is 0 Å². The zero-order chi connectivity index (χ0) is 12.5. The van der Waals surface area contributed by atoms with Crippen LogP contribution in [0.2, 0.25) is 0 Å². The first-order chi connectivity index (χ1) is 7.25. The van der Waals surface area contributed by atoms with Gasteiger partial charge in [0.1, 0.15) is 5.82 Å². The van der Waals surface area contributed by atoms with Crippen LogP contribution in [0.25, 0.3) is 0 Å². The fourth-order valence-electron chi connectivity index (χ4n) is 1.11. The lowest BCUT2D eigenvalue weighted by Crippen LogP contribution is -2.34. The second kappa shape index (κ2) is 4.48. The first-order valence-electron chi connectivity index (χ1n) is 4.49. The number of imidazole rings is 1. The molecule has 0 amide bonds. The van der Waals surface area contributed by atoms with Crippen molar-refractivity contribution in [2.45, 2.75) is 11.9 Å². The summed E-state index contributed by atoms with van der Waals surface area (Å²) in [6, 6.07) is 0. The molecule has 0 radical (unpaired) electrons. The number of rotatable bonds is 4. The van der Waals surface area contributed by atoms with Crippen LogP contribution in [0.1, 0.15) is 5.82 Å². The average molecular weight is 262 g/mol. The summed E-state index contributed by atoms with van der Waals surface area (Å²) in [6.45, 7) is 1.74. The van der Waals surface area contributed by atoms with Gasteiger partial charge in [0, 0.05) is 20.3 Å². The molecule has 1 heterocycles. The summed E-state index contributed by atoms with van der Waals surface area (Å²) in [5, 5.41) is 0.00579. The number of hydrogen-bond acceptors (Lipinski definition) is 4. The number of aryl methyl sites for hydroxylation is 2. The Morgan fingerprint density at radius 3 is 2.62 bits per heavy atom. The molecule has 1 rings (SSSR count). The van der Waals surface area contributed by atoms with Crippen molar-refractivity contribution in [3.63, 3.8) is 0 Å². The predicted molar refractivity (Wildman–Crippen MR) is 64.5 cm³/mol. The number of sulfonamides is 1. The van der Waals surface area contributed by atoms with Crippen molar-refractivity contribution in [2.75, 3.05) is 13.6 Å². The topological polar surface area (TPSA) is 81.2 Å². The molecule has 90 valence electrons. The molecule has 8 heteroatoms. The molecule has 0 bridgehead atoms. The summed E-state index contributed by atoms with van der Waals surface area (Å²) in [5.41, 5.74) is 5.30. The van der Waals surface area contributed by atoms with Gasteiger partial charge >= 0.3 is 0 Å². The number of hydrogen-bond donors (Lipinski definition) is 1. The van der Waals surface area contributed by atoms with Gasteiger partial charge in [-0.25, -0.2) is 13.4 Å². The molecule has 16 heavy (non-hydrogen) atoms. The minimum Gasteiger partial charge on any atom is -0.392 e. The third kappa shape index (κ3) is 2.57. The van der Waals surface area contributed by atoms with Gasteiger partial charge in [-0.1, -0.05) is 12.2 Å². The average Bonchev–Trinajstić information content (AvgIpc) is 2.46. The highest BCUT2D eigenvalue weighted by atomic mass is 32.2. The highest BCUT2D eigenvalue weighted by molar-refractivity contribution is 7.89. The van der Waals surface area contributed by atoms with E-state index >= 15 is 0 Å². The standard InChI is InChI=1S/C8H14N4O2S2/c1-6-10-8(5-11(6)2)16(13,14)12(3)4-7(9)15/h5H,4H2,1-3H3,(H2,9,15). The number of nitrogens with two attached hydrogens (primary N) is 1. The van der Waals surface area contributed by atoms with Crippen molar-refractivity contribution in [2.24, 2.45) is 12.8 Å². The van der Waals surface area contributed by atoms with Crippen molar-refractivity contribution < 1.29 is 8.42 Å². The Bertz CT molecular complexity index is 487. The van der Waals surface area contributed by atoms with Crippen molar-refractivity contribution in [3.05, 3.63) is 12.0 Å². The van der Waals surface area contributed by atoms with E-state index in [1.54, 1.807) is 18.5 Å². The van der Waals surface area contributed by atoms with E-state index in [0.717, 1.165) is 4.31 Å². The van der Waals surface area contributed by atoms with Gasteiger partial charge in [0.15, 0.2) is 5.03 Å². The summed E-state index contributed by atoms with van der Waals surface area (Å²) in [7, 11) is -0.456. The fourth-order valence-corrected chi connectivity index (χ4v) is 2.56. The summed E-state index contributed by atoms with van der Waals surface area (Å²) >= 11 is 4.67. The Balaban J connectivity index is 3.06. The van der Waals surface area contributed by atoms with Crippen LogP contribution in [0.15, 0.2) is 11.2 Å². The Kier molecular flexibility index (Phi) is 3.66. The summed E-state index contributed by atoms with van der Waals surface area (Å²) in [6.07, 6.45) is 1.46. The molecule has 0 saturated heterocycles. The maximum absolute atomic E-state index is 12.0. The number of nitrogens with zero attached hydrogens (tertiary/aromatic N) is 3. The van der Waals surface area contributed by atoms with E-state index < -0.39 is 10.0 Å². The van der Waals surface area contributed by atoms with Gasteiger partial charge in [0.25, 0.3) is 10.0 Å². The van der Waals surface area contributed by atoms with Gasteiger partial charge in [-0.2, -0.15) is 4.31 Å². The molecule has 1 aromatic rings. The van der Waals surface area contributed by atoms with E-state index in [0.29, 0.717) is 5.82 Å². The Labute approximate surface area is 100 Å². The quantitative estimate of drug-likeness (QED) is 0.749. The SMILES string of the molecule is Cc1nc(S(=O)(=O)N(C)CC(N)=S)cn1C. The second-order valence-corrected chi connectivity index (χ2v) is 5.98. The minimum absolute atomic E-state index is 0.00579. The zero-order valence-corrected chi connectivity index (χ0v) is 11.0. The fraction of sp³-hybridized carbons (Fsp3) is 0.500. The van der Waals surface area contributed by atoms with Crippen molar-refractivity contribution in [1.29, 1.82) is 0 Å². The van der Waals surface area contributed by atoms with E-state index in [2.05, 4.69) is 17.2 Å². The van der Waals surface area contributed by atoms with E-state index in [1.807, 2.05) is 0 Å². The Morgan fingerprint density at radius 1 is 1.69 bits per heavy atom. The molecule has 0 unspecified atom stereocenters. The van der Waals surface area contributed by atoms with Gasteiger partial charge in [-0.05, 0) is 6.92 Å². The van der Waals surface area contributed by atoms with Crippen LogP contribution in [0.3, 0.4) is 0 Å². The molecule has 6 nitrogen and oxygen atoms in total. The largest absolute Gasteiger partial charge is 0.392 e. The van der Waals surface area contributed by atoms with Gasteiger partial charge in [-0.3, -0.25) is 0 Å². The van der Waals surface area contributed by atoms with Crippen LogP contribution >= 0.6 is 12.2 Å². The first-order valence-corrected chi connectivity index (χ1v) is 6.34. The van der Waals surface area contributed by atoms with Gasteiger partial charge in [0.05, 0.1) is 11.5 Å². The monoisotopic (exact) mass is 262 g/mol. The molecule has 0 aliphatic rings. The van der Waals surface area contributed by atoms with Gasteiger partial charge in [-0.15, -0.1) is 0 Å². The van der Waals surface area contributed by atoms with E-state index in [9.17, 15) is 8.42 Å². The van der Waals surface area contributed by atoms with Crippen molar-refractivity contribution in [3.8, 4) is 0 Å². The third-order valence-corrected chi connectivity index (χ3v) is 3.94. The van der Waals surface area contributed by atoms with Crippen LogP contribution < -0.4 is 5.73 Å². The maximum atomic E-state index is 12.0. The maximum Gasteiger partial charge on any atom is 0.262 e. The number of aromatic nitrogens is 2. The van der Waals surface area contributed by atoms with E-state index in [4.69, 9.17) is 5.73 Å². The molecule has 0 saturated carbocycles. The predicted octanol–water partition coefficient (Wildman–Crippen LogP) is -0.365. The molecule has 0 aromatic carbocycles. The lowest BCUT2D eigenvalue weighted by Gasteiger charge is -2.14. The minimum atomic E-state index is -3.60. The summed E-state index contributed by atoms with van der Waals surface area (Å²) in [4.78, 5) is 4.08. The molecular formula is C8H14N4O2S2. The lowest BCUT2D eigenvalue weighted by atomic mass is 10.7. The molecule has 1 aromatic heterocycles. The molecule has 0 atom stereocenters. The lowest BCUT2D eigenvalue weighted by molar-refractivity contribution is 0.503. The molecular weight excluding hydrogens is 248 g/mol. The first kappa shape index (κ1) is 13.1. The van der Waals surface area contributed by atoms with Crippen LogP contribution in [-0.2, 0) is 17.1 Å². The number of likely N-dealkylation sites (N-methyl/N-ethyl adjacent to an activating group) is 1. The summed E-state index contributed by atoms with van der Waals surface area (Å²) < 4.78 is 26.7. The van der Waals surface area contributed by atoms with E-state index in [1.165, 1.54) is 13.2 Å². The molecule has 0 aliphatic heterocycles. The number of thiocarbonyl (C=S) groups is 1. The Hall–Kier alpha value is -0.990. The molecule has 0 spiro atoms.